The lowest BCUT2D eigenvalue weighted by molar-refractivity contribution is 0.519. The van der Waals surface area contributed by atoms with E-state index in [2.05, 4.69) is 10.0 Å². The van der Waals surface area contributed by atoms with Gasteiger partial charge in [0.2, 0.25) is 10.0 Å². The molecule has 1 unspecified atom stereocenters. The van der Waals surface area contributed by atoms with Crippen molar-refractivity contribution in [3.63, 3.8) is 0 Å². The van der Waals surface area contributed by atoms with E-state index < -0.39 is 15.8 Å². The lowest BCUT2D eigenvalue weighted by Crippen LogP contribution is -2.27. The molecule has 1 aromatic carbocycles. The molecule has 0 aliphatic carbocycles. The average molecular weight is 357 g/mol. The van der Waals surface area contributed by atoms with Crippen molar-refractivity contribution in [1.29, 1.82) is 0 Å². The molecule has 0 aromatic heterocycles. The van der Waals surface area contributed by atoms with Gasteiger partial charge in [0.15, 0.2) is 0 Å². The van der Waals surface area contributed by atoms with Gasteiger partial charge in [-0.15, -0.1) is 12.4 Å². The van der Waals surface area contributed by atoms with Crippen molar-refractivity contribution in [2.24, 2.45) is 5.92 Å². The van der Waals surface area contributed by atoms with E-state index in [1.807, 2.05) is 0 Å². The Hall–Kier alpha value is -0.400. The van der Waals surface area contributed by atoms with Crippen LogP contribution in [-0.2, 0) is 10.0 Å². The maximum atomic E-state index is 13.3. The maximum Gasteiger partial charge on any atom is 0.242 e. The Morgan fingerprint density at radius 2 is 2.19 bits per heavy atom. The average Bonchev–Trinajstić information content (AvgIpc) is 2.86. The maximum absolute atomic E-state index is 13.3. The van der Waals surface area contributed by atoms with Crippen molar-refractivity contribution in [2.45, 2.75) is 24.7 Å². The Morgan fingerprint density at radius 1 is 1.48 bits per heavy atom. The first-order valence-electron chi connectivity index (χ1n) is 6.56. The van der Waals surface area contributed by atoms with E-state index in [0.29, 0.717) is 12.5 Å². The zero-order valence-electron chi connectivity index (χ0n) is 11.7. The third kappa shape index (κ3) is 4.79. The molecule has 2 N–H and O–H groups in total. The van der Waals surface area contributed by atoms with Crippen LogP contribution in [-0.4, -0.2) is 28.1 Å². The van der Waals surface area contributed by atoms with Gasteiger partial charge in [-0.2, -0.15) is 0 Å². The topological polar surface area (TPSA) is 58.2 Å². The number of halogens is 3. The number of hydrogen-bond donors (Lipinski definition) is 2. The minimum atomic E-state index is -3.69. The van der Waals surface area contributed by atoms with Crippen molar-refractivity contribution in [1.82, 2.24) is 10.0 Å². The van der Waals surface area contributed by atoms with E-state index in [1.54, 1.807) is 0 Å². The monoisotopic (exact) mass is 356 g/mol. The lowest BCUT2D eigenvalue weighted by Gasteiger charge is -2.11. The van der Waals surface area contributed by atoms with E-state index in [1.165, 1.54) is 13.0 Å². The highest BCUT2D eigenvalue weighted by Crippen LogP contribution is 2.24. The Kier molecular flexibility index (Phi) is 6.87. The van der Waals surface area contributed by atoms with Gasteiger partial charge in [-0.3, -0.25) is 0 Å². The lowest BCUT2D eigenvalue weighted by atomic mass is 10.1. The van der Waals surface area contributed by atoms with Crippen LogP contribution >= 0.6 is 24.0 Å². The van der Waals surface area contributed by atoms with Gasteiger partial charge in [0.25, 0.3) is 0 Å². The number of sulfonamides is 1. The second-order valence-electron chi connectivity index (χ2n) is 5.08. The summed E-state index contributed by atoms with van der Waals surface area (Å²) in [5.74, 6) is -0.00546. The molecule has 0 spiro atoms. The minimum absolute atomic E-state index is 0. The second-order valence-corrected chi connectivity index (χ2v) is 7.22. The zero-order chi connectivity index (χ0) is 14.8. The summed E-state index contributed by atoms with van der Waals surface area (Å²) in [5.41, 5.74) is 0.259. The van der Waals surface area contributed by atoms with Crippen LogP contribution in [0.1, 0.15) is 18.4 Å². The van der Waals surface area contributed by atoms with Crippen LogP contribution < -0.4 is 10.0 Å². The number of benzene rings is 1. The summed E-state index contributed by atoms with van der Waals surface area (Å²) < 4.78 is 40.1. The molecule has 1 heterocycles. The molecule has 0 saturated carbocycles. The smallest absolute Gasteiger partial charge is 0.242 e. The van der Waals surface area contributed by atoms with E-state index in [0.717, 1.165) is 32.0 Å². The molecule has 0 radical (unpaired) electrons. The van der Waals surface area contributed by atoms with E-state index >= 15 is 0 Å². The fraction of sp³-hybridized carbons (Fsp3) is 0.538. The van der Waals surface area contributed by atoms with Crippen molar-refractivity contribution in [3.05, 3.63) is 28.5 Å². The van der Waals surface area contributed by atoms with Crippen molar-refractivity contribution in [3.8, 4) is 0 Å². The van der Waals surface area contributed by atoms with Crippen LogP contribution in [0.2, 0.25) is 5.02 Å². The highest BCUT2D eigenvalue weighted by atomic mass is 35.5. The van der Waals surface area contributed by atoms with E-state index in [9.17, 15) is 12.8 Å². The molecule has 21 heavy (non-hydrogen) atoms. The number of hydrogen-bond acceptors (Lipinski definition) is 3. The molecular formula is C13H19Cl2FN2O2S. The van der Waals surface area contributed by atoms with Gasteiger partial charge < -0.3 is 5.32 Å². The molecule has 1 saturated heterocycles. The fourth-order valence-corrected chi connectivity index (χ4v) is 3.92. The van der Waals surface area contributed by atoms with Crippen LogP contribution in [0.3, 0.4) is 0 Å². The molecule has 2 rings (SSSR count). The van der Waals surface area contributed by atoms with Crippen molar-refractivity contribution >= 4 is 34.0 Å². The summed E-state index contributed by atoms with van der Waals surface area (Å²) in [7, 11) is -3.69. The Morgan fingerprint density at radius 3 is 2.81 bits per heavy atom. The third-order valence-electron chi connectivity index (χ3n) is 3.51. The van der Waals surface area contributed by atoms with Gasteiger partial charge in [0.1, 0.15) is 10.7 Å². The van der Waals surface area contributed by atoms with Crippen LogP contribution in [0.4, 0.5) is 4.39 Å². The van der Waals surface area contributed by atoms with Gasteiger partial charge in [0, 0.05) is 6.54 Å². The van der Waals surface area contributed by atoms with Gasteiger partial charge in [-0.05, 0) is 56.5 Å². The summed E-state index contributed by atoms with van der Waals surface area (Å²) in [6, 6.07) is 2.30. The number of rotatable bonds is 5. The fourth-order valence-electron chi connectivity index (χ4n) is 2.27. The molecule has 1 aromatic rings. The predicted molar refractivity (Wildman–Crippen MR) is 84.2 cm³/mol. The number of aryl methyl sites for hydroxylation is 1. The van der Waals surface area contributed by atoms with Crippen LogP contribution in [0.5, 0.6) is 0 Å². The van der Waals surface area contributed by atoms with Gasteiger partial charge in [0.05, 0.1) is 5.02 Å². The first-order valence-corrected chi connectivity index (χ1v) is 8.42. The van der Waals surface area contributed by atoms with Gasteiger partial charge in [-0.1, -0.05) is 11.6 Å². The summed E-state index contributed by atoms with van der Waals surface area (Å²) in [6.07, 6.45) is 1.85. The predicted octanol–water partition coefficient (Wildman–Crippen LogP) is 2.49. The van der Waals surface area contributed by atoms with Crippen molar-refractivity contribution < 1.29 is 12.8 Å². The molecule has 0 amide bonds. The molecule has 1 fully saturated rings. The summed E-state index contributed by atoms with van der Waals surface area (Å²) in [5, 5.41) is 3.14. The van der Waals surface area contributed by atoms with Crippen LogP contribution in [0.15, 0.2) is 17.0 Å². The SMILES string of the molecule is Cc1cc(S(=O)(=O)NCCC2CCNC2)c(Cl)cc1F.Cl. The first-order chi connectivity index (χ1) is 9.40. The van der Waals surface area contributed by atoms with Gasteiger partial charge in [-0.25, -0.2) is 17.5 Å². The van der Waals surface area contributed by atoms with Crippen LogP contribution in [0, 0.1) is 18.7 Å². The molecule has 1 atom stereocenters. The summed E-state index contributed by atoms with van der Waals surface area (Å²) >= 11 is 5.82. The first kappa shape index (κ1) is 18.6. The normalized spacial score (nSPS) is 18.5. The zero-order valence-corrected chi connectivity index (χ0v) is 14.0. The van der Waals surface area contributed by atoms with Crippen LogP contribution in [0.25, 0.3) is 0 Å². The van der Waals surface area contributed by atoms with E-state index in [4.69, 9.17) is 11.6 Å². The molecule has 120 valence electrons. The Labute approximate surface area is 135 Å². The number of nitrogens with one attached hydrogen (secondary N) is 2. The molecule has 8 heteroatoms. The highest BCUT2D eigenvalue weighted by molar-refractivity contribution is 7.89. The van der Waals surface area contributed by atoms with Crippen molar-refractivity contribution in [2.75, 3.05) is 19.6 Å². The largest absolute Gasteiger partial charge is 0.316 e. The van der Waals surface area contributed by atoms with Gasteiger partial charge >= 0.3 is 0 Å². The third-order valence-corrected chi connectivity index (χ3v) is 5.44. The molecule has 1 aliphatic heterocycles. The molecule has 1 aliphatic rings. The molecule has 4 nitrogen and oxygen atoms in total. The standard InChI is InChI=1S/C13H18ClFN2O2S.ClH/c1-9-6-13(11(14)7-12(9)15)20(18,19)17-5-3-10-2-4-16-8-10;/h6-7,10,16-17H,2-5,8H2,1H3;1H. The summed E-state index contributed by atoms with van der Waals surface area (Å²) in [4.78, 5) is -0.0670. The molecular weight excluding hydrogens is 338 g/mol. The summed E-state index contributed by atoms with van der Waals surface area (Å²) in [6.45, 7) is 3.79. The molecule has 0 bridgehead atoms. The highest BCUT2D eigenvalue weighted by Gasteiger charge is 2.21. The quantitative estimate of drug-likeness (QED) is 0.851. The minimum Gasteiger partial charge on any atom is -0.316 e. The Balaban J connectivity index is 0.00000220. The Bertz CT molecular complexity index is 590. The van der Waals surface area contributed by atoms with E-state index in [-0.39, 0.29) is 27.9 Å². The second kappa shape index (κ2) is 7.74.